The molecule has 0 spiro atoms. The number of guanidine groups is 1. The van der Waals surface area contributed by atoms with E-state index >= 15 is 0 Å². The first-order valence-corrected chi connectivity index (χ1v) is 10.6. The highest BCUT2D eigenvalue weighted by molar-refractivity contribution is 6.04. The Morgan fingerprint density at radius 1 is 0.970 bits per heavy atom. The number of amides is 1. The van der Waals surface area contributed by atoms with Gasteiger partial charge >= 0.3 is 5.97 Å². The van der Waals surface area contributed by atoms with Gasteiger partial charge < -0.3 is 25.8 Å². The zero-order valence-corrected chi connectivity index (χ0v) is 17.8. The predicted octanol–water partition coefficient (Wildman–Crippen LogP) is 3.90. The quantitative estimate of drug-likeness (QED) is 0.419. The standard InChI is InChI=1S/C25H24N4O4/c30-23(31)16-22(17-4-2-1-3-5-17)33-21-12-10-19(11-13-21)28-24(32)18-6-8-20(9-7-18)29-25-26-14-15-27-25/h1-13,22H,14-16H2,(H,28,32)(H,30,31)(H2,26,27,29). The fourth-order valence-electron chi connectivity index (χ4n) is 3.36. The summed E-state index contributed by atoms with van der Waals surface area (Å²) in [4.78, 5) is 28.1. The molecule has 1 amide bonds. The summed E-state index contributed by atoms with van der Waals surface area (Å²) < 4.78 is 5.91. The number of aliphatic carboxylic acids is 1. The van der Waals surface area contributed by atoms with E-state index in [0.717, 1.165) is 30.3 Å². The molecule has 1 aliphatic rings. The molecule has 1 heterocycles. The third-order valence-corrected chi connectivity index (χ3v) is 5.01. The number of aliphatic imine (C=N–C) groups is 1. The molecule has 4 rings (SSSR count). The highest BCUT2D eigenvalue weighted by atomic mass is 16.5. The summed E-state index contributed by atoms with van der Waals surface area (Å²) in [6.45, 7) is 1.57. The second kappa shape index (κ2) is 10.3. The van der Waals surface area contributed by atoms with Crippen molar-refractivity contribution in [3.63, 3.8) is 0 Å². The molecule has 1 unspecified atom stereocenters. The van der Waals surface area contributed by atoms with Crippen LogP contribution in [-0.2, 0) is 4.79 Å². The van der Waals surface area contributed by atoms with E-state index in [-0.39, 0.29) is 12.3 Å². The van der Waals surface area contributed by atoms with Crippen molar-refractivity contribution in [3.8, 4) is 5.75 Å². The number of hydrogen-bond donors (Lipinski definition) is 4. The molecule has 0 aromatic heterocycles. The van der Waals surface area contributed by atoms with Crippen molar-refractivity contribution >= 4 is 29.2 Å². The molecule has 168 valence electrons. The maximum absolute atomic E-state index is 12.6. The lowest BCUT2D eigenvalue weighted by atomic mass is 10.1. The van der Waals surface area contributed by atoms with Crippen LogP contribution < -0.4 is 20.7 Å². The third kappa shape index (κ3) is 6.10. The number of nitrogens with one attached hydrogen (secondary N) is 3. The number of carbonyl (C=O) groups is 2. The number of carboxylic acid groups (broad SMARTS) is 1. The minimum atomic E-state index is -0.943. The van der Waals surface area contributed by atoms with E-state index in [9.17, 15) is 14.7 Å². The van der Waals surface area contributed by atoms with E-state index in [1.54, 1.807) is 36.4 Å². The lowest BCUT2D eigenvalue weighted by molar-refractivity contribution is -0.138. The van der Waals surface area contributed by atoms with Crippen molar-refractivity contribution in [2.75, 3.05) is 23.7 Å². The van der Waals surface area contributed by atoms with E-state index in [0.29, 0.717) is 17.0 Å². The van der Waals surface area contributed by atoms with Crippen molar-refractivity contribution in [1.82, 2.24) is 5.32 Å². The first-order chi connectivity index (χ1) is 16.1. The number of anilines is 2. The third-order valence-electron chi connectivity index (χ3n) is 5.01. The number of nitrogens with zero attached hydrogens (tertiary/aromatic N) is 1. The van der Waals surface area contributed by atoms with Gasteiger partial charge in [0.2, 0.25) is 0 Å². The number of benzene rings is 3. The van der Waals surface area contributed by atoms with Crippen LogP contribution in [0.2, 0.25) is 0 Å². The fourth-order valence-corrected chi connectivity index (χ4v) is 3.36. The molecule has 0 saturated heterocycles. The van der Waals surface area contributed by atoms with Crippen LogP contribution in [0.4, 0.5) is 11.4 Å². The van der Waals surface area contributed by atoms with Gasteiger partial charge in [-0.15, -0.1) is 0 Å². The van der Waals surface area contributed by atoms with E-state index in [4.69, 9.17) is 4.74 Å². The Kier molecular flexibility index (Phi) is 6.84. The normalized spacial score (nSPS) is 13.4. The largest absolute Gasteiger partial charge is 0.485 e. The van der Waals surface area contributed by atoms with Crippen molar-refractivity contribution in [1.29, 1.82) is 0 Å². The monoisotopic (exact) mass is 444 g/mol. The Morgan fingerprint density at radius 2 is 1.67 bits per heavy atom. The lowest BCUT2D eigenvalue weighted by Crippen LogP contribution is -2.26. The summed E-state index contributed by atoms with van der Waals surface area (Å²) in [6, 6.07) is 23.2. The SMILES string of the molecule is O=C(O)CC(Oc1ccc(NC(=O)c2ccc(NC3=NCCN3)cc2)cc1)c1ccccc1. The highest BCUT2D eigenvalue weighted by Gasteiger charge is 2.17. The Morgan fingerprint density at radius 3 is 2.30 bits per heavy atom. The zero-order chi connectivity index (χ0) is 23.0. The number of rotatable bonds is 8. The number of ether oxygens (including phenoxy) is 1. The summed E-state index contributed by atoms with van der Waals surface area (Å²) in [5.74, 6) is 0.0652. The van der Waals surface area contributed by atoms with Gasteiger partial charge in [-0.1, -0.05) is 30.3 Å². The van der Waals surface area contributed by atoms with E-state index < -0.39 is 12.1 Å². The van der Waals surface area contributed by atoms with Crippen LogP contribution in [0.3, 0.4) is 0 Å². The number of carbonyl (C=O) groups excluding carboxylic acids is 1. The summed E-state index contributed by atoms with van der Waals surface area (Å²) in [5.41, 5.74) is 2.75. The molecule has 4 N–H and O–H groups in total. The molecule has 8 heteroatoms. The van der Waals surface area contributed by atoms with Crippen LogP contribution in [0.25, 0.3) is 0 Å². The topological polar surface area (TPSA) is 112 Å². The molecule has 1 aliphatic heterocycles. The first-order valence-electron chi connectivity index (χ1n) is 10.6. The van der Waals surface area contributed by atoms with Gasteiger partial charge in [0.25, 0.3) is 5.91 Å². The predicted molar refractivity (Wildman–Crippen MR) is 127 cm³/mol. The van der Waals surface area contributed by atoms with Crippen LogP contribution in [0.15, 0.2) is 83.9 Å². The maximum Gasteiger partial charge on any atom is 0.307 e. The van der Waals surface area contributed by atoms with Crippen LogP contribution in [0.1, 0.15) is 28.4 Å². The number of hydrogen-bond acceptors (Lipinski definition) is 6. The molecule has 3 aromatic carbocycles. The molecule has 1 atom stereocenters. The average molecular weight is 444 g/mol. The highest BCUT2D eigenvalue weighted by Crippen LogP contribution is 2.26. The first kappa shape index (κ1) is 21.9. The van der Waals surface area contributed by atoms with Crippen molar-refractivity contribution in [2.45, 2.75) is 12.5 Å². The van der Waals surface area contributed by atoms with Gasteiger partial charge in [0.15, 0.2) is 5.96 Å². The second-order valence-corrected chi connectivity index (χ2v) is 7.45. The van der Waals surface area contributed by atoms with Crippen LogP contribution in [0.5, 0.6) is 5.75 Å². The van der Waals surface area contributed by atoms with Gasteiger partial charge in [-0.3, -0.25) is 14.6 Å². The van der Waals surface area contributed by atoms with Gasteiger partial charge in [-0.25, -0.2) is 0 Å². The summed E-state index contributed by atoms with van der Waals surface area (Å²) >= 11 is 0. The average Bonchev–Trinajstić information content (AvgIpc) is 3.34. The molecule has 0 radical (unpaired) electrons. The molecule has 33 heavy (non-hydrogen) atoms. The molecular weight excluding hydrogens is 420 g/mol. The zero-order valence-electron chi connectivity index (χ0n) is 17.8. The van der Waals surface area contributed by atoms with Gasteiger partial charge in [-0.2, -0.15) is 0 Å². The molecule has 0 saturated carbocycles. The van der Waals surface area contributed by atoms with E-state index in [1.807, 2.05) is 42.5 Å². The summed E-state index contributed by atoms with van der Waals surface area (Å²) in [7, 11) is 0. The van der Waals surface area contributed by atoms with Crippen molar-refractivity contribution < 1.29 is 19.4 Å². The number of carboxylic acids is 1. The molecule has 8 nitrogen and oxygen atoms in total. The molecule has 0 bridgehead atoms. The van der Waals surface area contributed by atoms with E-state index in [1.165, 1.54) is 0 Å². The molecule has 0 aliphatic carbocycles. The van der Waals surface area contributed by atoms with Crippen LogP contribution in [0, 0.1) is 0 Å². The van der Waals surface area contributed by atoms with Crippen LogP contribution >= 0.6 is 0 Å². The Hall–Kier alpha value is -4.33. The summed E-state index contributed by atoms with van der Waals surface area (Å²) in [5, 5.41) is 18.4. The molecule has 3 aromatic rings. The van der Waals surface area contributed by atoms with Gasteiger partial charge in [0.05, 0.1) is 13.0 Å². The Labute approximate surface area is 191 Å². The van der Waals surface area contributed by atoms with Gasteiger partial charge in [0, 0.05) is 23.5 Å². The smallest absolute Gasteiger partial charge is 0.307 e. The van der Waals surface area contributed by atoms with Crippen molar-refractivity contribution in [3.05, 3.63) is 90.0 Å². The Bertz CT molecular complexity index is 1130. The minimum absolute atomic E-state index is 0.156. The minimum Gasteiger partial charge on any atom is -0.485 e. The maximum atomic E-state index is 12.6. The second-order valence-electron chi connectivity index (χ2n) is 7.45. The molecule has 0 fully saturated rings. The van der Waals surface area contributed by atoms with Crippen LogP contribution in [-0.4, -0.2) is 36.0 Å². The summed E-state index contributed by atoms with van der Waals surface area (Å²) in [6.07, 6.45) is -0.766. The molecular formula is C25H24N4O4. The van der Waals surface area contributed by atoms with Gasteiger partial charge in [0.1, 0.15) is 11.9 Å². The Balaban J connectivity index is 1.36. The van der Waals surface area contributed by atoms with Crippen molar-refractivity contribution in [2.24, 2.45) is 4.99 Å². The fraction of sp³-hybridized carbons (Fsp3) is 0.160. The lowest BCUT2D eigenvalue weighted by Gasteiger charge is -2.18. The van der Waals surface area contributed by atoms with E-state index in [2.05, 4.69) is 20.9 Å². The van der Waals surface area contributed by atoms with Gasteiger partial charge in [-0.05, 0) is 54.1 Å².